The number of hydrogen-bond acceptors (Lipinski definition) is 5. The van der Waals surface area contributed by atoms with Crippen molar-refractivity contribution in [3.05, 3.63) is 78.4 Å². The van der Waals surface area contributed by atoms with Gasteiger partial charge in [-0.2, -0.15) is 0 Å². The van der Waals surface area contributed by atoms with Crippen LogP contribution in [-0.2, 0) is 13.1 Å². The summed E-state index contributed by atoms with van der Waals surface area (Å²) in [5, 5.41) is 9.64. The van der Waals surface area contributed by atoms with Gasteiger partial charge in [0.25, 0.3) is 0 Å². The summed E-state index contributed by atoms with van der Waals surface area (Å²) in [5.41, 5.74) is 3.59. The number of nitrogens with zero attached hydrogens (tertiary/aromatic N) is 4. The maximum atomic E-state index is 9.64. The number of aliphatic hydroxyl groups is 1. The Kier molecular flexibility index (Phi) is 6.79. The van der Waals surface area contributed by atoms with E-state index in [1.165, 1.54) is 11.3 Å². The highest BCUT2D eigenvalue weighted by molar-refractivity contribution is 5.32. The Balaban J connectivity index is 1.43. The molecule has 30 heavy (non-hydrogen) atoms. The summed E-state index contributed by atoms with van der Waals surface area (Å²) in [4.78, 5) is 9.23. The lowest BCUT2D eigenvalue weighted by Crippen LogP contribution is -2.52. The van der Waals surface area contributed by atoms with Crippen molar-refractivity contribution in [3.63, 3.8) is 0 Å². The van der Waals surface area contributed by atoms with Crippen molar-refractivity contribution >= 4 is 0 Å². The maximum Gasteiger partial charge on any atom is 0.119 e. The van der Waals surface area contributed by atoms with Gasteiger partial charge in [-0.1, -0.05) is 12.1 Å². The molecule has 3 aromatic rings. The maximum absolute atomic E-state index is 9.64. The van der Waals surface area contributed by atoms with E-state index in [4.69, 9.17) is 4.74 Å². The standard InChI is InChI=1S/C24H30N4O2/c1-30-24-8-2-5-20(15-24)17-27-13-12-26(18-22(27)9-14-29)19-23-7-4-11-28(23)21-6-3-10-25-16-21/h2-8,10-11,15-16,22,29H,9,12-14,17-19H2,1H3/t22-/m0/s1. The number of methoxy groups -OCH3 is 1. The van der Waals surface area contributed by atoms with E-state index in [1.807, 2.05) is 24.4 Å². The van der Waals surface area contributed by atoms with Crippen LogP contribution in [0.25, 0.3) is 5.69 Å². The smallest absolute Gasteiger partial charge is 0.119 e. The van der Waals surface area contributed by atoms with Gasteiger partial charge in [-0.3, -0.25) is 14.8 Å². The van der Waals surface area contributed by atoms with Gasteiger partial charge in [-0.05, 0) is 48.4 Å². The molecule has 4 rings (SSSR count). The van der Waals surface area contributed by atoms with Crippen LogP contribution in [0.1, 0.15) is 17.7 Å². The Hall–Kier alpha value is -2.67. The van der Waals surface area contributed by atoms with Crippen molar-refractivity contribution in [2.75, 3.05) is 33.4 Å². The molecule has 1 aromatic carbocycles. The molecule has 0 saturated carbocycles. The lowest BCUT2D eigenvalue weighted by Gasteiger charge is -2.41. The van der Waals surface area contributed by atoms with Crippen molar-refractivity contribution in [3.8, 4) is 11.4 Å². The van der Waals surface area contributed by atoms with Crippen LogP contribution in [0.3, 0.4) is 0 Å². The first-order valence-electron chi connectivity index (χ1n) is 10.5. The molecule has 2 aromatic heterocycles. The molecule has 1 aliphatic rings. The number of pyridine rings is 1. The molecular weight excluding hydrogens is 376 g/mol. The Bertz CT molecular complexity index is 928. The summed E-state index contributed by atoms with van der Waals surface area (Å²) in [6.45, 7) is 4.90. The highest BCUT2D eigenvalue weighted by atomic mass is 16.5. The summed E-state index contributed by atoms with van der Waals surface area (Å²) in [6, 6.07) is 16.9. The second kappa shape index (κ2) is 9.89. The van der Waals surface area contributed by atoms with Gasteiger partial charge in [0.2, 0.25) is 0 Å². The van der Waals surface area contributed by atoms with Gasteiger partial charge in [-0.25, -0.2) is 0 Å². The third kappa shape index (κ3) is 4.90. The minimum atomic E-state index is 0.208. The van der Waals surface area contributed by atoms with Crippen LogP contribution in [0.5, 0.6) is 5.75 Å². The number of piperazine rings is 1. The molecule has 0 radical (unpaired) electrons. The highest BCUT2D eigenvalue weighted by Crippen LogP contribution is 2.21. The fraction of sp³-hybridized carbons (Fsp3) is 0.375. The minimum absolute atomic E-state index is 0.208. The van der Waals surface area contributed by atoms with Gasteiger partial charge in [0.05, 0.1) is 19.0 Å². The Morgan fingerprint density at radius 2 is 2.03 bits per heavy atom. The molecule has 0 unspecified atom stereocenters. The van der Waals surface area contributed by atoms with Crippen LogP contribution in [0.4, 0.5) is 0 Å². The average Bonchev–Trinajstić information content (AvgIpc) is 3.24. The molecule has 6 heteroatoms. The normalized spacial score (nSPS) is 17.9. The Morgan fingerprint density at radius 1 is 1.10 bits per heavy atom. The van der Waals surface area contributed by atoms with Crippen molar-refractivity contribution in [1.82, 2.24) is 19.4 Å². The average molecular weight is 407 g/mol. The first-order valence-corrected chi connectivity index (χ1v) is 10.5. The van der Waals surface area contributed by atoms with Gasteiger partial charge in [0, 0.05) is 63.5 Å². The van der Waals surface area contributed by atoms with Crippen molar-refractivity contribution in [1.29, 1.82) is 0 Å². The minimum Gasteiger partial charge on any atom is -0.497 e. The molecular formula is C24H30N4O2. The molecule has 158 valence electrons. The van der Waals surface area contributed by atoms with Gasteiger partial charge in [0.1, 0.15) is 5.75 Å². The van der Waals surface area contributed by atoms with Crippen LogP contribution in [0, 0.1) is 0 Å². The van der Waals surface area contributed by atoms with Gasteiger partial charge < -0.3 is 14.4 Å². The predicted octanol–water partition coefficient (Wildman–Crippen LogP) is 2.95. The topological polar surface area (TPSA) is 53.8 Å². The van der Waals surface area contributed by atoms with Crippen LogP contribution < -0.4 is 4.74 Å². The first kappa shape index (κ1) is 20.6. The van der Waals surface area contributed by atoms with E-state index >= 15 is 0 Å². The molecule has 1 saturated heterocycles. The molecule has 1 atom stereocenters. The number of ether oxygens (including phenoxy) is 1. The molecule has 0 spiro atoms. The van der Waals surface area contributed by atoms with E-state index in [9.17, 15) is 5.11 Å². The van der Waals surface area contributed by atoms with E-state index < -0.39 is 0 Å². The zero-order chi connectivity index (χ0) is 20.8. The summed E-state index contributed by atoms with van der Waals surface area (Å²) >= 11 is 0. The zero-order valence-corrected chi connectivity index (χ0v) is 17.5. The lowest BCUT2D eigenvalue weighted by molar-refractivity contribution is 0.0491. The second-order valence-electron chi connectivity index (χ2n) is 7.80. The first-order chi connectivity index (χ1) is 14.8. The van der Waals surface area contributed by atoms with Crippen LogP contribution in [-0.4, -0.2) is 63.9 Å². The quantitative estimate of drug-likeness (QED) is 0.623. The lowest BCUT2D eigenvalue weighted by atomic mass is 10.1. The molecule has 0 amide bonds. The molecule has 3 heterocycles. The summed E-state index contributed by atoms with van der Waals surface area (Å²) in [5.74, 6) is 0.890. The number of rotatable bonds is 8. The predicted molar refractivity (Wildman–Crippen MR) is 118 cm³/mol. The van der Waals surface area contributed by atoms with Crippen molar-refractivity contribution < 1.29 is 9.84 Å². The molecule has 1 aliphatic heterocycles. The van der Waals surface area contributed by atoms with Crippen LogP contribution >= 0.6 is 0 Å². The van der Waals surface area contributed by atoms with Gasteiger partial charge in [0.15, 0.2) is 0 Å². The SMILES string of the molecule is COc1cccc(CN2CCN(Cc3cccn3-c3cccnc3)C[C@@H]2CCO)c1. The van der Waals surface area contributed by atoms with Gasteiger partial charge >= 0.3 is 0 Å². The largest absolute Gasteiger partial charge is 0.497 e. The van der Waals surface area contributed by atoms with Gasteiger partial charge in [-0.15, -0.1) is 0 Å². The number of hydrogen-bond donors (Lipinski definition) is 1. The zero-order valence-electron chi connectivity index (χ0n) is 17.5. The van der Waals surface area contributed by atoms with E-state index in [0.29, 0.717) is 6.04 Å². The fourth-order valence-corrected chi connectivity index (χ4v) is 4.26. The fourth-order valence-electron chi connectivity index (χ4n) is 4.26. The van der Waals surface area contributed by atoms with E-state index in [2.05, 4.69) is 55.9 Å². The monoisotopic (exact) mass is 406 g/mol. The molecule has 1 fully saturated rings. The third-order valence-corrected chi connectivity index (χ3v) is 5.81. The van der Waals surface area contributed by atoms with E-state index in [-0.39, 0.29) is 6.61 Å². The molecule has 0 aliphatic carbocycles. The summed E-state index contributed by atoms with van der Waals surface area (Å²) < 4.78 is 7.57. The van der Waals surface area contributed by atoms with Crippen LogP contribution in [0.15, 0.2) is 67.1 Å². The Morgan fingerprint density at radius 3 is 2.83 bits per heavy atom. The number of benzene rings is 1. The summed E-state index contributed by atoms with van der Waals surface area (Å²) in [7, 11) is 1.70. The summed E-state index contributed by atoms with van der Waals surface area (Å²) in [6.07, 6.45) is 6.57. The number of aromatic nitrogens is 2. The second-order valence-corrected chi connectivity index (χ2v) is 7.80. The van der Waals surface area contributed by atoms with Crippen molar-refractivity contribution in [2.45, 2.75) is 25.6 Å². The molecule has 6 nitrogen and oxygen atoms in total. The Labute approximate surface area is 178 Å². The van der Waals surface area contributed by atoms with E-state index in [0.717, 1.165) is 50.6 Å². The highest BCUT2D eigenvalue weighted by Gasteiger charge is 2.27. The number of aliphatic hydroxyl groups excluding tert-OH is 1. The van der Waals surface area contributed by atoms with Crippen molar-refractivity contribution in [2.24, 2.45) is 0 Å². The molecule has 1 N–H and O–H groups in total. The molecule has 0 bridgehead atoms. The van der Waals surface area contributed by atoms with Crippen LogP contribution in [0.2, 0.25) is 0 Å². The van der Waals surface area contributed by atoms with E-state index in [1.54, 1.807) is 13.3 Å². The third-order valence-electron chi connectivity index (χ3n) is 5.81.